The molecule has 0 aromatic heterocycles. The number of methoxy groups -OCH3 is 1. The van der Waals surface area contributed by atoms with Crippen LogP contribution in [0, 0.1) is 11.8 Å². The molecule has 1 aliphatic rings. The van der Waals surface area contributed by atoms with Gasteiger partial charge in [0.2, 0.25) is 0 Å². The van der Waals surface area contributed by atoms with Crippen molar-refractivity contribution in [2.45, 2.75) is 32.7 Å². The second kappa shape index (κ2) is 4.61. The van der Waals surface area contributed by atoms with Gasteiger partial charge in [0, 0.05) is 0 Å². The summed E-state index contributed by atoms with van der Waals surface area (Å²) in [5.74, 6) is 1.20. The summed E-state index contributed by atoms with van der Waals surface area (Å²) in [4.78, 5) is 11.3. The molecule has 1 rings (SSSR count). The van der Waals surface area contributed by atoms with Crippen LogP contribution in [-0.2, 0) is 9.53 Å². The minimum absolute atomic E-state index is 0.0776. The lowest BCUT2D eigenvalue weighted by atomic mass is 9.84. The van der Waals surface area contributed by atoms with E-state index in [-0.39, 0.29) is 12.0 Å². The molecule has 0 radical (unpaired) electrons. The maximum absolute atomic E-state index is 11.3. The van der Waals surface area contributed by atoms with Crippen molar-refractivity contribution in [3.63, 3.8) is 0 Å². The lowest BCUT2D eigenvalue weighted by molar-refractivity contribution is -0.144. The summed E-state index contributed by atoms with van der Waals surface area (Å²) in [5.41, 5.74) is 0. The van der Waals surface area contributed by atoms with Crippen LogP contribution in [-0.4, -0.2) is 25.7 Å². The molecule has 0 aliphatic carbocycles. The summed E-state index contributed by atoms with van der Waals surface area (Å²) >= 11 is 0. The Hall–Kier alpha value is -0.570. The van der Waals surface area contributed by atoms with E-state index in [0.717, 1.165) is 13.0 Å². The van der Waals surface area contributed by atoms with E-state index >= 15 is 0 Å². The van der Waals surface area contributed by atoms with Crippen LogP contribution in [0.5, 0.6) is 0 Å². The SMILES string of the molecule is COC(=O)[C@@H]1C[C@H](C(C)C)CCN1. The van der Waals surface area contributed by atoms with Crippen LogP contribution >= 0.6 is 0 Å². The molecular formula is C10H19NO2. The highest BCUT2D eigenvalue weighted by atomic mass is 16.5. The van der Waals surface area contributed by atoms with E-state index in [2.05, 4.69) is 19.2 Å². The molecule has 1 fully saturated rings. The van der Waals surface area contributed by atoms with Crippen molar-refractivity contribution in [1.82, 2.24) is 5.32 Å². The van der Waals surface area contributed by atoms with Crippen molar-refractivity contribution in [3.8, 4) is 0 Å². The Bertz CT molecular complexity index is 180. The first kappa shape index (κ1) is 10.5. The van der Waals surface area contributed by atoms with Crippen molar-refractivity contribution in [1.29, 1.82) is 0 Å². The zero-order chi connectivity index (χ0) is 9.84. The van der Waals surface area contributed by atoms with Crippen LogP contribution in [0.15, 0.2) is 0 Å². The van der Waals surface area contributed by atoms with Gasteiger partial charge in [0.25, 0.3) is 0 Å². The van der Waals surface area contributed by atoms with Gasteiger partial charge in [-0.3, -0.25) is 4.79 Å². The molecule has 2 atom stereocenters. The van der Waals surface area contributed by atoms with Crippen LogP contribution in [0.2, 0.25) is 0 Å². The van der Waals surface area contributed by atoms with Crippen molar-refractivity contribution >= 4 is 5.97 Å². The molecular weight excluding hydrogens is 166 g/mol. The quantitative estimate of drug-likeness (QED) is 0.657. The average molecular weight is 185 g/mol. The maximum Gasteiger partial charge on any atom is 0.322 e. The highest BCUT2D eigenvalue weighted by molar-refractivity contribution is 5.75. The van der Waals surface area contributed by atoms with E-state index in [1.54, 1.807) is 0 Å². The van der Waals surface area contributed by atoms with E-state index in [1.807, 2.05) is 0 Å². The van der Waals surface area contributed by atoms with Gasteiger partial charge in [0.15, 0.2) is 0 Å². The fourth-order valence-corrected chi connectivity index (χ4v) is 1.87. The molecule has 3 nitrogen and oxygen atoms in total. The number of rotatable bonds is 2. The predicted molar refractivity (Wildman–Crippen MR) is 51.4 cm³/mol. The Labute approximate surface area is 79.8 Å². The topological polar surface area (TPSA) is 38.3 Å². The van der Waals surface area contributed by atoms with E-state index in [1.165, 1.54) is 13.5 Å². The van der Waals surface area contributed by atoms with Gasteiger partial charge in [0.05, 0.1) is 7.11 Å². The third-order valence-electron chi connectivity index (χ3n) is 2.87. The highest BCUT2D eigenvalue weighted by Crippen LogP contribution is 2.24. The Balaban J connectivity index is 2.46. The molecule has 76 valence electrons. The molecule has 1 N–H and O–H groups in total. The summed E-state index contributed by atoms with van der Waals surface area (Å²) in [6, 6.07) is -0.0776. The second-order valence-corrected chi connectivity index (χ2v) is 4.06. The largest absolute Gasteiger partial charge is 0.468 e. The number of esters is 1. The van der Waals surface area contributed by atoms with E-state index in [0.29, 0.717) is 11.8 Å². The van der Waals surface area contributed by atoms with Crippen LogP contribution < -0.4 is 5.32 Å². The smallest absolute Gasteiger partial charge is 0.322 e. The monoisotopic (exact) mass is 185 g/mol. The minimum atomic E-state index is -0.120. The molecule has 0 unspecified atom stereocenters. The Kier molecular flexibility index (Phi) is 3.72. The Morgan fingerprint density at radius 2 is 2.23 bits per heavy atom. The normalized spacial score (nSPS) is 28.9. The molecule has 1 heterocycles. The first-order valence-corrected chi connectivity index (χ1v) is 4.96. The Morgan fingerprint density at radius 1 is 1.54 bits per heavy atom. The molecule has 0 spiro atoms. The summed E-state index contributed by atoms with van der Waals surface area (Å²) < 4.78 is 4.72. The molecule has 1 saturated heterocycles. The Morgan fingerprint density at radius 3 is 2.77 bits per heavy atom. The van der Waals surface area contributed by atoms with E-state index in [9.17, 15) is 4.79 Å². The third-order valence-corrected chi connectivity index (χ3v) is 2.87. The number of nitrogens with one attached hydrogen (secondary N) is 1. The number of hydrogen-bond acceptors (Lipinski definition) is 3. The minimum Gasteiger partial charge on any atom is -0.468 e. The number of carbonyl (C=O) groups excluding carboxylic acids is 1. The van der Waals surface area contributed by atoms with Gasteiger partial charge in [0.1, 0.15) is 6.04 Å². The first-order valence-electron chi connectivity index (χ1n) is 4.96. The van der Waals surface area contributed by atoms with Gasteiger partial charge in [-0.05, 0) is 31.2 Å². The fraction of sp³-hybridized carbons (Fsp3) is 0.900. The average Bonchev–Trinajstić information content (AvgIpc) is 2.17. The number of hydrogen-bond donors (Lipinski definition) is 1. The van der Waals surface area contributed by atoms with Crippen LogP contribution in [0.25, 0.3) is 0 Å². The van der Waals surface area contributed by atoms with Gasteiger partial charge in [-0.2, -0.15) is 0 Å². The number of ether oxygens (including phenoxy) is 1. The standard InChI is InChI=1S/C10H19NO2/c1-7(2)8-4-5-11-9(6-8)10(12)13-3/h7-9,11H,4-6H2,1-3H3/t8-,9+/m1/s1. The van der Waals surface area contributed by atoms with E-state index < -0.39 is 0 Å². The molecule has 13 heavy (non-hydrogen) atoms. The molecule has 1 aliphatic heterocycles. The van der Waals surface area contributed by atoms with Crippen molar-refractivity contribution in [2.24, 2.45) is 11.8 Å². The fourth-order valence-electron chi connectivity index (χ4n) is 1.87. The summed E-state index contributed by atoms with van der Waals surface area (Å²) in [6.45, 7) is 5.36. The highest BCUT2D eigenvalue weighted by Gasteiger charge is 2.28. The lowest BCUT2D eigenvalue weighted by Gasteiger charge is -2.30. The predicted octanol–water partition coefficient (Wildman–Crippen LogP) is 1.18. The van der Waals surface area contributed by atoms with Gasteiger partial charge < -0.3 is 10.1 Å². The van der Waals surface area contributed by atoms with Gasteiger partial charge in [-0.15, -0.1) is 0 Å². The molecule has 0 amide bonds. The van der Waals surface area contributed by atoms with Gasteiger partial charge in [-0.1, -0.05) is 13.8 Å². The molecule has 0 saturated carbocycles. The molecule has 0 aromatic carbocycles. The molecule has 0 aromatic rings. The van der Waals surface area contributed by atoms with Gasteiger partial charge >= 0.3 is 5.97 Å². The number of piperidine rings is 1. The van der Waals surface area contributed by atoms with E-state index in [4.69, 9.17) is 4.74 Å². The van der Waals surface area contributed by atoms with Crippen LogP contribution in [0.3, 0.4) is 0 Å². The number of carbonyl (C=O) groups is 1. The molecule has 0 bridgehead atoms. The second-order valence-electron chi connectivity index (χ2n) is 4.06. The summed E-state index contributed by atoms with van der Waals surface area (Å²) in [5, 5.41) is 3.18. The first-order chi connectivity index (χ1) is 6.15. The molecule has 3 heteroatoms. The summed E-state index contributed by atoms with van der Waals surface area (Å²) in [6.07, 6.45) is 2.09. The third kappa shape index (κ3) is 2.69. The maximum atomic E-state index is 11.3. The zero-order valence-corrected chi connectivity index (χ0v) is 8.67. The summed E-state index contributed by atoms with van der Waals surface area (Å²) in [7, 11) is 1.45. The zero-order valence-electron chi connectivity index (χ0n) is 8.67. The van der Waals surface area contributed by atoms with Gasteiger partial charge in [-0.25, -0.2) is 0 Å². The van der Waals surface area contributed by atoms with Crippen LogP contribution in [0.4, 0.5) is 0 Å². The van der Waals surface area contributed by atoms with Crippen LogP contribution in [0.1, 0.15) is 26.7 Å². The van der Waals surface area contributed by atoms with Crippen molar-refractivity contribution in [2.75, 3.05) is 13.7 Å². The lowest BCUT2D eigenvalue weighted by Crippen LogP contribution is -2.45. The van der Waals surface area contributed by atoms with Crippen molar-refractivity contribution in [3.05, 3.63) is 0 Å². The van der Waals surface area contributed by atoms with Crippen molar-refractivity contribution < 1.29 is 9.53 Å².